The second-order valence-corrected chi connectivity index (χ2v) is 6.78. The molecule has 0 aromatic heterocycles. The molecule has 2 aromatic rings. The zero-order valence-electron chi connectivity index (χ0n) is 14.6. The van der Waals surface area contributed by atoms with Gasteiger partial charge in [0, 0.05) is 12.1 Å². The predicted octanol–water partition coefficient (Wildman–Crippen LogP) is 3.25. The Labute approximate surface area is 144 Å². The van der Waals surface area contributed by atoms with Crippen LogP contribution in [0.5, 0.6) is 5.75 Å². The van der Waals surface area contributed by atoms with Crippen LogP contribution in [0.25, 0.3) is 0 Å². The molecule has 0 aliphatic heterocycles. The zero-order chi connectivity index (χ0) is 17.6. The van der Waals surface area contributed by atoms with Crippen LogP contribution in [0.1, 0.15) is 42.3 Å². The highest BCUT2D eigenvalue weighted by Crippen LogP contribution is 2.24. The first-order valence-electron chi connectivity index (χ1n) is 8.21. The van der Waals surface area contributed by atoms with Gasteiger partial charge in [-0.2, -0.15) is 0 Å². The van der Waals surface area contributed by atoms with Crippen LogP contribution >= 0.6 is 0 Å². The van der Waals surface area contributed by atoms with Crippen LogP contribution in [0.3, 0.4) is 0 Å². The van der Waals surface area contributed by atoms with Gasteiger partial charge in [-0.25, -0.2) is 0 Å². The highest BCUT2D eigenvalue weighted by molar-refractivity contribution is 5.94. The summed E-state index contributed by atoms with van der Waals surface area (Å²) >= 11 is 0. The molecule has 0 spiro atoms. The summed E-state index contributed by atoms with van der Waals surface area (Å²) in [6.45, 7) is 7.90. The second kappa shape index (κ2) is 7.97. The van der Waals surface area contributed by atoms with Crippen molar-refractivity contribution in [1.82, 2.24) is 5.32 Å². The van der Waals surface area contributed by atoms with E-state index in [2.05, 4.69) is 38.2 Å². The van der Waals surface area contributed by atoms with Crippen LogP contribution in [0, 0.1) is 0 Å². The topological polar surface area (TPSA) is 64.3 Å². The van der Waals surface area contributed by atoms with E-state index in [9.17, 15) is 4.79 Å². The first-order valence-corrected chi connectivity index (χ1v) is 8.21. The molecule has 0 saturated carbocycles. The minimum atomic E-state index is -0.106. The molecule has 4 heteroatoms. The van der Waals surface area contributed by atoms with Gasteiger partial charge in [0.15, 0.2) is 0 Å². The maximum Gasteiger partial charge on any atom is 0.251 e. The summed E-state index contributed by atoms with van der Waals surface area (Å²) in [7, 11) is 0. The average Bonchev–Trinajstić information content (AvgIpc) is 2.58. The number of hydrogen-bond acceptors (Lipinski definition) is 3. The molecule has 3 N–H and O–H groups in total. The van der Waals surface area contributed by atoms with Gasteiger partial charge in [-0.05, 0) is 40.8 Å². The molecular formula is C20H26N2O2. The number of amides is 1. The van der Waals surface area contributed by atoms with Crippen LogP contribution in [-0.4, -0.2) is 19.1 Å². The number of nitrogens with one attached hydrogen (secondary N) is 1. The Kier molecular flexibility index (Phi) is 5.99. The number of rotatable bonds is 6. The Morgan fingerprint density at radius 3 is 2.21 bits per heavy atom. The fourth-order valence-electron chi connectivity index (χ4n) is 2.28. The first-order chi connectivity index (χ1) is 11.4. The van der Waals surface area contributed by atoms with Crippen LogP contribution in [0.2, 0.25) is 0 Å². The molecular weight excluding hydrogens is 300 g/mol. The van der Waals surface area contributed by atoms with E-state index < -0.39 is 0 Å². The average molecular weight is 326 g/mol. The molecule has 0 bridgehead atoms. The van der Waals surface area contributed by atoms with Gasteiger partial charge in [-0.1, -0.05) is 45.0 Å². The van der Waals surface area contributed by atoms with E-state index in [1.807, 2.05) is 24.3 Å². The quantitative estimate of drug-likeness (QED) is 0.801. The van der Waals surface area contributed by atoms with E-state index in [0.29, 0.717) is 25.3 Å². The molecule has 0 saturated heterocycles. The van der Waals surface area contributed by atoms with E-state index in [1.165, 1.54) is 5.56 Å². The normalized spacial score (nSPS) is 11.2. The standard InChI is InChI=1S/C20H26N2O2/c1-20(2,3)17-8-10-18(11-9-17)24-13-12-22-19(23)16-6-4-15(14-21)5-7-16/h4-11H,12-14,21H2,1-3H3,(H,22,23). The summed E-state index contributed by atoms with van der Waals surface area (Å²) in [6.07, 6.45) is 0. The SMILES string of the molecule is CC(C)(C)c1ccc(OCCNC(=O)c2ccc(CN)cc2)cc1. The molecule has 0 radical (unpaired) electrons. The van der Waals surface area contributed by atoms with Crippen molar-refractivity contribution in [3.05, 3.63) is 65.2 Å². The Hall–Kier alpha value is -2.33. The number of benzene rings is 2. The molecule has 4 nitrogen and oxygen atoms in total. The summed E-state index contributed by atoms with van der Waals surface area (Å²) in [5, 5.41) is 2.85. The molecule has 2 rings (SSSR count). The Morgan fingerprint density at radius 2 is 1.67 bits per heavy atom. The second-order valence-electron chi connectivity index (χ2n) is 6.78. The Balaban J connectivity index is 1.77. The van der Waals surface area contributed by atoms with Crippen molar-refractivity contribution in [1.29, 1.82) is 0 Å². The molecule has 128 valence electrons. The Bertz CT molecular complexity index is 656. The van der Waals surface area contributed by atoms with Crippen LogP contribution < -0.4 is 15.8 Å². The largest absolute Gasteiger partial charge is 0.492 e. The molecule has 1 amide bonds. The van der Waals surface area contributed by atoms with Gasteiger partial charge in [-0.3, -0.25) is 4.79 Å². The van der Waals surface area contributed by atoms with Gasteiger partial charge >= 0.3 is 0 Å². The lowest BCUT2D eigenvalue weighted by atomic mass is 9.87. The molecule has 0 heterocycles. The summed E-state index contributed by atoms with van der Waals surface area (Å²) in [5.74, 6) is 0.704. The number of carbonyl (C=O) groups is 1. The van der Waals surface area contributed by atoms with Crippen molar-refractivity contribution < 1.29 is 9.53 Å². The predicted molar refractivity (Wildman–Crippen MR) is 97.3 cm³/mol. The van der Waals surface area contributed by atoms with E-state index in [4.69, 9.17) is 10.5 Å². The number of hydrogen-bond donors (Lipinski definition) is 2. The van der Waals surface area contributed by atoms with Crippen molar-refractivity contribution in [2.75, 3.05) is 13.2 Å². The van der Waals surface area contributed by atoms with Gasteiger partial charge in [0.2, 0.25) is 0 Å². The van der Waals surface area contributed by atoms with Crippen LogP contribution in [0.4, 0.5) is 0 Å². The van der Waals surface area contributed by atoms with Crippen molar-refractivity contribution in [2.45, 2.75) is 32.7 Å². The molecule has 0 atom stereocenters. The van der Waals surface area contributed by atoms with Crippen molar-refractivity contribution in [2.24, 2.45) is 5.73 Å². The number of ether oxygens (including phenoxy) is 1. The van der Waals surface area contributed by atoms with E-state index in [1.54, 1.807) is 12.1 Å². The lowest BCUT2D eigenvalue weighted by Crippen LogP contribution is -2.28. The summed E-state index contributed by atoms with van der Waals surface area (Å²) in [4.78, 5) is 12.0. The van der Waals surface area contributed by atoms with Gasteiger partial charge in [0.25, 0.3) is 5.91 Å². The molecule has 0 aliphatic rings. The van der Waals surface area contributed by atoms with Gasteiger partial charge in [0.1, 0.15) is 12.4 Å². The Morgan fingerprint density at radius 1 is 1.04 bits per heavy atom. The third-order valence-electron chi connectivity index (χ3n) is 3.83. The minimum Gasteiger partial charge on any atom is -0.492 e. The molecule has 0 unspecified atom stereocenters. The molecule has 2 aromatic carbocycles. The van der Waals surface area contributed by atoms with Crippen LogP contribution in [-0.2, 0) is 12.0 Å². The van der Waals surface area contributed by atoms with Gasteiger partial charge in [-0.15, -0.1) is 0 Å². The van der Waals surface area contributed by atoms with Crippen molar-refractivity contribution in [3.8, 4) is 5.75 Å². The molecule has 0 aliphatic carbocycles. The highest BCUT2D eigenvalue weighted by atomic mass is 16.5. The first kappa shape index (κ1) is 18.0. The fourth-order valence-corrected chi connectivity index (χ4v) is 2.28. The monoisotopic (exact) mass is 326 g/mol. The summed E-state index contributed by atoms with van der Waals surface area (Å²) in [6, 6.07) is 15.4. The minimum absolute atomic E-state index is 0.106. The van der Waals surface area contributed by atoms with Gasteiger partial charge in [0.05, 0.1) is 6.54 Å². The lowest BCUT2D eigenvalue weighted by molar-refractivity contribution is 0.0947. The highest BCUT2D eigenvalue weighted by Gasteiger charge is 2.12. The van der Waals surface area contributed by atoms with Crippen LogP contribution in [0.15, 0.2) is 48.5 Å². The zero-order valence-corrected chi connectivity index (χ0v) is 14.6. The maximum atomic E-state index is 12.0. The van der Waals surface area contributed by atoms with Crippen molar-refractivity contribution >= 4 is 5.91 Å². The number of carbonyl (C=O) groups excluding carboxylic acids is 1. The van der Waals surface area contributed by atoms with Gasteiger partial charge < -0.3 is 15.8 Å². The third kappa shape index (κ3) is 5.10. The lowest BCUT2D eigenvalue weighted by Gasteiger charge is -2.19. The summed E-state index contributed by atoms with van der Waals surface area (Å²) < 4.78 is 5.67. The number of nitrogens with two attached hydrogens (primary N) is 1. The maximum absolute atomic E-state index is 12.0. The fraction of sp³-hybridized carbons (Fsp3) is 0.350. The third-order valence-corrected chi connectivity index (χ3v) is 3.83. The summed E-state index contributed by atoms with van der Waals surface area (Å²) in [5.41, 5.74) is 8.58. The van der Waals surface area contributed by atoms with E-state index >= 15 is 0 Å². The molecule has 24 heavy (non-hydrogen) atoms. The van der Waals surface area contributed by atoms with E-state index in [0.717, 1.165) is 11.3 Å². The van der Waals surface area contributed by atoms with E-state index in [-0.39, 0.29) is 11.3 Å². The smallest absolute Gasteiger partial charge is 0.251 e. The van der Waals surface area contributed by atoms with Crippen molar-refractivity contribution in [3.63, 3.8) is 0 Å². The molecule has 0 fully saturated rings.